The first-order valence-electron chi connectivity index (χ1n) is 3.33. The first kappa shape index (κ1) is 8.94. The predicted octanol–water partition coefficient (Wildman–Crippen LogP) is 2.85. The predicted molar refractivity (Wildman–Crippen MR) is 51.0 cm³/mol. The largest absolute Gasteiger partial charge is 0.206 e. The lowest BCUT2D eigenvalue weighted by atomic mass is 10.3. The topological polar surface area (TPSA) is 0 Å². The molecule has 0 aromatic heterocycles. The Labute approximate surface area is 75.6 Å². The van der Waals surface area contributed by atoms with Crippen LogP contribution in [0, 0.1) is 5.82 Å². The Bertz CT molecular complexity index is 225. The van der Waals surface area contributed by atoms with Gasteiger partial charge in [-0.25, -0.2) is 4.39 Å². The van der Waals surface area contributed by atoms with Crippen LogP contribution in [-0.4, -0.2) is 11.5 Å². The molecule has 0 saturated heterocycles. The molecule has 1 rings (SSSR count). The van der Waals surface area contributed by atoms with Crippen LogP contribution in [0.1, 0.15) is 0 Å². The summed E-state index contributed by atoms with van der Waals surface area (Å²) in [4.78, 5) is 0.710. The highest BCUT2D eigenvalue weighted by molar-refractivity contribution is 8.00. The molecule has 0 atom stereocenters. The van der Waals surface area contributed by atoms with Crippen LogP contribution in [0.4, 0.5) is 4.39 Å². The van der Waals surface area contributed by atoms with Crippen LogP contribution in [0.2, 0.25) is 0 Å². The van der Waals surface area contributed by atoms with Crippen LogP contribution in [0.25, 0.3) is 0 Å². The zero-order valence-electron chi connectivity index (χ0n) is 5.96. The Morgan fingerprint density at radius 2 is 2.09 bits per heavy atom. The molecule has 0 aliphatic rings. The lowest BCUT2D eigenvalue weighted by Crippen LogP contribution is -1.83. The van der Waals surface area contributed by atoms with Crippen molar-refractivity contribution in [3.63, 3.8) is 0 Å². The monoisotopic (exact) mass is 188 g/mol. The molecular weight excluding hydrogens is 179 g/mol. The van der Waals surface area contributed by atoms with Crippen molar-refractivity contribution in [2.45, 2.75) is 4.90 Å². The van der Waals surface area contributed by atoms with E-state index in [0.717, 1.165) is 11.5 Å². The summed E-state index contributed by atoms with van der Waals surface area (Å²) >= 11 is 5.54. The maximum Gasteiger partial charge on any atom is 0.136 e. The third-order valence-electron chi connectivity index (χ3n) is 1.19. The van der Waals surface area contributed by atoms with E-state index >= 15 is 0 Å². The van der Waals surface area contributed by atoms with Gasteiger partial charge in [0.15, 0.2) is 0 Å². The summed E-state index contributed by atoms with van der Waals surface area (Å²) in [5.41, 5.74) is 0. The van der Waals surface area contributed by atoms with E-state index in [9.17, 15) is 4.39 Å². The number of rotatable bonds is 3. The van der Waals surface area contributed by atoms with E-state index < -0.39 is 0 Å². The SMILES string of the molecule is Fc1ccccc1SCCS. The third kappa shape index (κ3) is 2.75. The fourth-order valence-electron chi connectivity index (χ4n) is 0.717. The summed E-state index contributed by atoms with van der Waals surface area (Å²) in [5, 5.41) is 0. The first-order valence-corrected chi connectivity index (χ1v) is 4.94. The number of halogens is 1. The Kier molecular flexibility index (Phi) is 3.80. The Hall–Kier alpha value is -0.150. The van der Waals surface area contributed by atoms with Crippen molar-refractivity contribution < 1.29 is 4.39 Å². The molecule has 0 fully saturated rings. The Morgan fingerprint density at radius 1 is 1.36 bits per heavy atom. The van der Waals surface area contributed by atoms with E-state index in [0.29, 0.717) is 4.90 Å². The maximum absolute atomic E-state index is 12.9. The van der Waals surface area contributed by atoms with Gasteiger partial charge < -0.3 is 0 Å². The maximum atomic E-state index is 12.9. The van der Waals surface area contributed by atoms with Crippen molar-refractivity contribution in [2.24, 2.45) is 0 Å². The van der Waals surface area contributed by atoms with Gasteiger partial charge in [0.2, 0.25) is 0 Å². The van der Waals surface area contributed by atoms with Gasteiger partial charge in [-0.15, -0.1) is 11.8 Å². The average Bonchev–Trinajstić information content (AvgIpc) is 2.03. The van der Waals surface area contributed by atoms with Gasteiger partial charge in [-0.2, -0.15) is 12.6 Å². The molecule has 0 amide bonds. The van der Waals surface area contributed by atoms with Gasteiger partial charge in [0.25, 0.3) is 0 Å². The molecular formula is C8H9FS2. The van der Waals surface area contributed by atoms with E-state index in [1.807, 2.05) is 6.07 Å². The van der Waals surface area contributed by atoms with Crippen LogP contribution >= 0.6 is 24.4 Å². The molecule has 0 nitrogen and oxygen atoms in total. The lowest BCUT2D eigenvalue weighted by molar-refractivity contribution is 0.602. The molecule has 0 saturated carbocycles. The van der Waals surface area contributed by atoms with Crippen molar-refractivity contribution in [1.29, 1.82) is 0 Å². The lowest BCUT2D eigenvalue weighted by Gasteiger charge is -1.99. The normalized spacial score (nSPS) is 10.0. The summed E-state index contributed by atoms with van der Waals surface area (Å²) in [6, 6.07) is 6.79. The van der Waals surface area contributed by atoms with Crippen molar-refractivity contribution in [2.75, 3.05) is 11.5 Å². The van der Waals surface area contributed by atoms with E-state index in [1.54, 1.807) is 12.1 Å². The number of hydrogen-bond donors (Lipinski definition) is 1. The first-order chi connectivity index (χ1) is 5.34. The molecule has 11 heavy (non-hydrogen) atoms. The average molecular weight is 188 g/mol. The van der Waals surface area contributed by atoms with Gasteiger partial charge in [0.05, 0.1) is 0 Å². The zero-order chi connectivity index (χ0) is 8.10. The molecule has 1 aromatic carbocycles. The second-order valence-corrected chi connectivity index (χ2v) is 3.59. The molecule has 3 heteroatoms. The van der Waals surface area contributed by atoms with Gasteiger partial charge in [0, 0.05) is 10.6 Å². The summed E-state index contributed by atoms with van der Waals surface area (Å²) in [6.07, 6.45) is 0. The van der Waals surface area contributed by atoms with Gasteiger partial charge >= 0.3 is 0 Å². The molecule has 0 N–H and O–H groups in total. The molecule has 60 valence electrons. The molecule has 1 aromatic rings. The number of thioether (sulfide) groups is 1. The van der Waals surface area contributed by atoms with Gasteiger partial charge in [-0.05, 0) is 17.9 Å². The number of benzene rings is 1. The van der Waals surface area contributed by atoms with E-state index in [1.165, 1.54) is 17.8 Å². The van der Waals surface area contributed by atoms with Gasteiger partial charge in [-0.1, -0.05) is 12.1 Å². The summed E-state index contributed by atoms with van der Waals surface area (Å²) in [7, 11) is 0. The number of hydrogen-bond acceptors (Lipinski definition) is 2. The van der Waals surface area contributed by atoms with Crippen LogP contribution < -0.4 is 0 Å². The minimum absolute atomic E-state index is 0.140. The molecule has 0 aliphatic heterocycles. The fourth-order valence-corrected chi connectivity index (χ4v) is 1.68. The molecule has 0 heterocycles. The summed E-state index contributed by atoms with van der Waals surface area (Å²) < 4.78 is 12.9. The van der Waals surface area contributed by atoms with Gasteiger partial charge in [-0.3, -0.25) is 0 Å². The zero-order valence-corrected chi connectivity index (χ0v) is 7.67. The molecule has 0 bridgehead atoms. The molecule has 0 aliphatic carbocycles. The van der Waals surface area contributed by atoms with Crippen LogP contribution in [0.5, 0.6) is 0 Å². The molecule has 0 spiro atoms. The Morgan fingerprint density at radius 3 is 2.73 bits per heavy atom. The highest BCUT2D eigenvalue weighted by atomic mass is 32.2. The van der Waals surface area contributed by atoms with Crippen LogP contribution in [0.3, 0.4) is 0 Å². The highest BCUT2D eigenvalue weighted by Gasteiger charge is 1.98. The Balaban J connectivity index is 2.62. The van der Waals surface area contributed by atoms with E-state index in [-0.39, 0.29) is 5.82 Å². The minimum atomic E-state index is -0.140. The number of thiol groups is 1. The van der Waals surface area contributed by atoms with Crippen LogP contribution in [-0.2, 0) is 0 Å². The highest BCUT2D eigenvalue weighted by Crippen LogP contribution is 2.20. The van der Waals surface area contributed by atoms with Crippen molar-refractivity contribution in [3.05, 3.63) is 30.1 Å². The molecule has 0 radical (unpaired) electrons. The molecule has 0 unspecified atom stereocenters. The third-order valence-corrected chi connectivity index (χ3v) is 2.76. The summed E-state index contributed by atoms with van der Waals surface area (Å²) in [5.74, 6) is 1.49. The second kappa shape index (κ2) is 4.67. The standard InChI is InChI=1S/C8H9FS2/c9-7-3-1-2-4-8(7)11-6-5-10/h1-4,10H,5-6H2. The minimum Gasteiger partial charge on any atom is -0.206 e. The smallest absolute Gasteiger partial charge is 0.136 e. The second-order valence-electron chi connectivity index (χ2n) is 2.00. The fraction of sp³-hybridized carbons (Fsp3) is 0.250. The van der Waals surface area contributed by atoms with Crippen molar-refractivity contribution in [1.82, 2.24) is 0 Å². The van der Waals surface area contributed by atoms with Crippen molar-refractivity contribution >= 4 is 24.4 Å². The van der Waals surface area contributed by atoms with E-state index in [4.69, 9.17) is 0 Å². The van der Waals surface area contributed by atoms with Crippen molar-refractivity contribution in [3.8, 4) is 0 Å². The van der Waals surface area contributed by atoms with Gasteiger partial charge in [0.1, 0.15) is 5.82 Å². The quantitative estimate of drug-likeness (QED) is 0.562. The van der Waals surface area contributed by atoms with E-state index in [2.05, 4.69) is 12.6 Å². The summed E-state index contributed by atoms with van der Waals surface area (Å²) in [6.45, 7) is 0. The van der Waals surface area contributed by atoms with Crippen LogP contribution in [0.15, 0.2) is 29.2 Å².